The Bertz CT molecular complexity index is 1290. The molecule has 179 valence electrons. The summed E-state index contributed by atoms with van der Waals surface area (Å²) in [6, 6.07) is 38.6. The van der Waals surface area contributed by atoms with Crippen LogP contribution in [-0.4, -0.2) is 24.9 Å². The second kappa shape index (κ2) is 13.1. The molecule has 1 aromatic carbocycles. The van der Waals surface area contributed by atoms with Gasteiger partial charge in [0.15, 0.2) is 0 Å². The summed E-state index contributed by atoms with van der Waals surface area (Å²) >= 11 is 0. The van der Waals surface area contributed by atoms with Gasteiger partial charge >= 0.3 is 0 Å². The van der Waals surface area contributed by atoms with Crippen molar-refractivity contribution in [3.63, 3.8) is 0 Å². The van der Waals surface area contributed by atoms with E-state index in [4.69, 9.17) is 0 Å². The topological polar surface area (TPSA) is 64.5 Å². The molecule has 6 aromatic rings. The Kier molecular flexibility index (Phi) is 9.09. The molecular weight excluding hydrogens is 629 g/mol. The first-order valence-electron chi connectivity index (χ1n) is 11.5. The van der Waals surface area contributed by atoms with Crippen LogP contribution in [-0.2, 0) is 20.4 Å². The van der Waals surface area contributed by atoms with Gasteiger partial charge in [-0.25, -0.2) is 4.98 Å². The largest absolute Gasteiger partial charge is 0.295 e. The van der Waals surface area contributed by atoms with Crippen LogP contribution in [0.2, 0.25) is 0 Å². The zero-order valence-electron chi connectivity index (χ0n) is 19.8. The number of nitrogens with zero attached hydrogens (tertiary/aromatic N) is 5. The van der Waals surface area contributed by atoms with Crippen LogP contribution in [0.3, 0.4) is 0 Å². The van der Waals surface area contributed by atoms with Crippen LogP contribution < -0.4 is 0 Å². The minimum absolute atomic E-state index is 0. The Morgan fingerprint density at radius 2 is 0.703 bits per heavy atom. The van der Waals surface area contributed by atoms with Crippen LogP contribution in [0.5, 0.6) is 0 Å². The fourth-order valence-corrected chi connectivity index (χ4v) is 3.56. The Morgan fingerprint density at radius 3 is 1.08 bits per heavy atom. The van der Waals surface area contributed by atoms with E-state index in [1.54, 1.807) is 24.8 Å². The van der Waals surface area contributed by atoms with Crippen LogP contribution in [0.1, 0.15) is 0 Å². The molecule has 0 aliphatic carbocycles. The Hall–Kier alpha value is -4.37. The minimum Gasteiger partial charge on any atom is -0.295 e. The normalized spacial score (nSPS) is 9.95. The number of rotatable bonds is 4. The van der Waals surface area contributed by atoms with Crippen molar-refractivity contribution in [2.75, 3.05) is 0 Å². The van der Waals surface area contributed by atoms with Gasteiger partial charge in [-0.3, -0.25) is 19.9 Å². The molecule has 5 nitrogen and oxygen atoms in total. The van der Waals surface area contributed by atoms with Crippen LogP contribution in [0.4, 0.5) is 0 Å². The maximum absolute atomic E-state index is 4.59. The van der Waals surface area contributed by atoms with E-state index in [2.05, 4.69) is 31.0 Å². The zero-order valence-corrected chi connectivity index (χ0v) is 22.5. The first kappa shape index (κ1) is 25.7. The van der Waals surface area contributed by atoms with Crippen LogP contribution in [0.25, 0.3) is 45.3 Å². The predicted molar refractivity (Wildman–Crippen MR) is 142 cm³/mol. The number of pyridine rings is 5. The molecule has 0 aliphatic heterocycles. The van der Waals surface area contributed by atoms with Gasteiger partial charge < -0.3 is 0 Å². The van der Waals surface area contributed by atoms with Crippen LogP contribution in [0, 0.1) is 6.07 Å². The summed E-state index contributed by atoms with van der Waals surface area (Å²) in [6.45, 7) is 0. The van der Waals surface area contributed by atoms with Gasteiger partial charge in [0.25, 0.3) is 0 Å². The van der Waals surface area contributed by atoms with Crippen molar-refractivity contribution < 1.29 is 20.4 Å². The van der Waals surface area contributed by atoms with Crippen molar-refractivity contribution in [2.45, 2.75) is 0 Å². The molecule has 0 bridgehead atoms. The average Bonchev–Trinajstić information content (AvgIpc) is 2.99. The molecule has 0 fully saturated rings. The first-order chi connectivity index (χ1) is 17.9. The second-order valence-electron chi connectivity index (χ2n) is 7.75. The SMILES string of the molecule is [Re].[c-]1c(-c2ccccn2)cccc1-c1ccccn1.c1ccc(-c2cccc(-c3ccccn3)n2)nc1. The molecule has 0 amide bonds. The number of aromatic nitrogens is 5. The van der Waals surface area contributed by atoms with Crippen molar-refractivity contribution >= 4 is 0 Å². The third kappa shape index (κ3) is 6.86. The van der Waals surface area contributed by atoms with E-state index in [0.717, 1.165) is 45.3 Å². The first-order valence-corrected chi connectivity index (χ1v) is 11.5. The van der Waals surface area contributed by atoms with Gasteiger partial charge in [0, 0.05) is 56.6 Å². The van der Waals surface area contributed by atoms with Gasteiger partial charge in [-0.05, 0) is 48.5 Å². The van der Waals surface area contributed by atoms with Crippen molar-refractivity contribution in [1.82, 2.24) is 24.9 Å². The number of hydrogen-bond acceptors (Lipinski definition) is 5. The van der Waals surface area contributed by atoms with Gasteiger partial charge in [0.05, 0.1) is 22.8 Å². The van der Waals surface area contributed by atoms with Crippen LogP contribution in [0.15, 0.2) is 134 Å². The molecule has 0 aliphatic rings. The molecule has 5 aromatic heterocycles. The number of benzene rings is 1. The Labute approximate surface area is 230 Å². The van der Waals surface area contributed by atoms with Gasteiger partial charge in [-0.2, -0.15) is 0 Å². The Morgan fingerprint density at radius 1 is 0.351 bits per heavy atom. The molecule has 6 heteroatoms. The van der Waals surface area contributed by atoms with Crippen molar-refractivity contribution in [3.8, 4) is 45.3 Å². The van der Waals surface area contributed by atoms with E-state index < -0.39 is 0 Å². The molecule has 37 heavy (non-hydrogen) atoms. The third-order valence-electron chi connectivity index (χ3n) is 5.28. The summed E-state index contributed by atoms with van der Waals surface area (Å²) in [6.07, 6.45) is 7.11. The summed E-state index contributed by atoms with van der Waals surface area (Å²) < 4.78 is 0. The molecule has 0 saturated heterocycles. The van der Waals surface area contributed by atoms with Crippen molar-refractivity contribution in [1.29, 1.82) is 0 Å². The van der Waals surface area contributed by atoms with E-state index in [1.807, 2.05) is 109 Å². The maximum Gasteiger partial charge on any atom is 0.0894 e. The smallest absolute Gasteiger partial charge is 0.0894 e. The monoisotopic (exact) mass is 651 g/mol. The van der Waals surface area contributed by atoms with Gasteiger partial charge in [-0.15, -0.1) is 24.3 Å². The molecule has 0 unspecified atom stereocenters. The molecule has 0 atom stereocenters. The third-order valence-corrected chi connectivity index (χ3v) is 5.28. The fourth-order valence-electron chi connectivity index (χ4n) is 3.56. The molecule has 0 spiro atoms. The second-order valence-corrected chi connectivity index (χ2v) is 7.75. The Balaban J connectivity index is 0.000000168. The molecule has 0 saturated carbocycles. The maximum atomic E-state index is 4.59. The summed E-state index contributed by atoms with van der Waals surface area (Å²) in [5.74, 6) is 0. The van der Waals surface area contributed by atoms with Gasteiger partial charge in [0.1, 0.15) is 0 Å². The van der Waals surface area contributed by atoms with E-state index in [9.17, 15) is 0 Å². The summed E-state index contributed by atoms with van der Waals surface area (Å²) in [7, 11) is 0. The van der Waals surface area contributed by atoms with E-state index in [-0.39, 0.29) is 20.4 Å². The summed E-state index contributed by atoms with van der Waals surface area (Å²) in [4.78, 5) is 21.9. The van der Waals surface area contributed by atoms with Crippen LogP contribution >= 0.6 is 0 Å². The molecule has 0 N–H and O–H groups in total. The van der Waals surface area contributed by atoms with Crippen molar-refractivity contribution in [2.24, 2.45) is 0 Å². The van der Waals surface area contributed by atoms with E-state index in [1.165, 1.54) is 0 Å². The minimum atomic E-state index is 0. The molecular formula is C31H22N5Re-. The molecule has 1 radical (unpaired) electrons. The summed E-state index contributed by atoms with van der Waals surface area (Å²) in [5, 5.41) is 0. The fraction of sp³-hybridized carbons (Fsp3) is 0. The van der Waals surface area contributed by atoms with Crippen molar-refractivity contribution in [3.05, 3.63) is 140 Å². The van der Waals surface area contributed by atoms with E-state index in [0.29, 0.717) is 0 Å². The average molecular weight is 651 g/mol. The molecule has 6 rings (SSSR count). The van der Waals surface area contributed by atoms with Gasteiger partial charge in [0.2, 0.25) is 0 Å². The quantitative estimate of drug-likeness (QED) is 0.196. The van der Waals surface area contributed by atoms with E-state index >= 15 is 0 Å². The summed E-state index contributed by atoms with van der Waals surface area (Å²) in [5.41, 5.74) is 7.28. The standard InChI is InChI=1S/C16H11N2.C15H11N3.Re/c1-3-10-17-15(8-1)13-6-5-7-14(12-13)16-9-2-4-11-18-16;1-3-10-16-12(6-1)14-8-5-9-15(18-14)13-7-2-4-11-17-13;/h2*1-11H;/q-1;;. The predicted octanol–water partition coefficient (Wildman–Crippen LogP) is 6.81. The molecule has 5 heterocycles. The van der Waals surface area contributed by atoms with Gasteiger partial charge in [-0.1, -0.05) is 53.6 Å². The zero-order chi connectivity index (χ0) is 24.4. The number of hydrogen-bond donors (Lipinski definition) is 0.